The summed E-state index contributed by atoms with van der Waals surface area (Å²) in [5, 5.41) is 3.03. The number of halogens is 3. The van der Waals surface area contributed by atoms with Crippen molar-refractivity contribution < 1.29 is 18.3 Å². The van der Waals surface area contributed by atoms with Gasteiger partial charge in [-0.3, -0.25) is 4.79 Å². The van der Waals surface area contributed by atoms with Crippen LogP contribution in [0.2, 0.25) is 5.02 Å². The highest BCUT2D eigenvalue weighted by Gasteiger charge is 2.03. The Balaban J connectivity index is 1.93. The maximum Gasteiger partial charge on any atom is 0.387 e. The molecular formula is C15H11ClF2N2O2. The van der Waals surface area contributed by atoms with Crippen molar-refractivity contribution in [2.45, 2.75) is 6.61 Å². The van der Waals surface area contributed by atoms with E-state index in [1.165, 1.54) is 30.5 Å². The van der Waals surface area contributed by atoms with Gasteiger partial charge in [-0.25, -0.2) is 4.98 Å². The van der Waals surface area contributed by atoms with E-state index in [0.29, 0.717) is 16.4 Å². The van der Waals surface area contributed by atoms with E-state index in [0.717, 1.165) is 0 Å². The van der Waals surface area contributed by atoms with E-state index in [-0.39, 0.29) is 11.7 Å². The molecule has 4 nitrogen and oxygen atoms in total. The van der Waals surface area contributed by atoms with Gasteiger partial charge in [0.1, 0.15) is 11.6 Å². The largest absolute Gasteiger partial charge is 0.435 e. The number of amides is 1. The topological polar surface area (TPSA) is 51.2 Å². The molecule has 1 heterocycles. The fourth-order valence-electron chi connectivity index (χ4n) is 1.55. The molecule has 7 heteroatoms. The summed E-state index contributed by atoms with van der Waals surface area (Å²) >= 11 is 5.69. The van der Waals surface area contributed by atoms with Gasteiger partial charge in [-0.15, -0.1) is 0 Å². The summed E-state index contributed by atoms with van der Waals surface area (Å²) in [5.41, 5.74) is 0.667. The normalized spacial score (nSPS) is 10.9. The number of pyridine rings is 1. The first kappa shape index (κ1) is 15.9. The van der Waals surface area contributed by atoms with E-state index in [1.54, 1.807) is 24.3 Å². The van der Waals surface area contributed by atoms with E-state index < -0.39 is 6.61 Å². The molecule has 2 rings (SSSR count). The maximum atomic E-state index is 12.0. The smallest absolute Gasteiger partial charge is 0.387 e. The highest BCUT2D eigenvalue weighted by Crippen LogP contribution is 2.15. The van der Waals surface area contributed by atoms with Crippen molar-refractivity contribution in [3.05, 3.63) is 59.3 Å². The molecular weight excluding hydrogens is 314 g/mol. The van der Waals surface area contributed by atoms with Crippen molar-refractivity contribution in [1.29, 1.82) is 0 Å². The van der Waals surface area contributed by atoms with Gasteiger partial charge in [0, 0.05) is 12.3 Å². The minimum atomic E-state index is -2.86. The molecule has 1 aromatic heterocycles. The van der Waals surface area contributed by atoms with E-state index >= 15 is 0 Å². The second-order valence-electron chi connectivity index (χ2n) is 4.13. The van der Waals surface area contributed by atoms with Crippen LogP contribution in [0.5, 0.6) is 5.75 Å². The Morgan fingerprint density at radius 2 is 1.95 bits per heavy atom. The number of carbonyl (C=O) groups excluding carboxylic acids is 1. The highest BCUT2D eigenvalue weighted by molar-refractivity contribution is 6.30. The lowest BCUT2D eigenvalue weighted by atomic mass is 10.2. The van der Waals surface area contributed by atoms with Crippen LogP contribution in [0.15, 0.2) is 48.7 Å². The van der Waals surface area contributed by atoms with Gasteiger partial charge < -0.3 is 10.1 Å². The zero-order chi connectivity index (χ0) is 15.9. The number of carbonyl (C=O) groups is 1. The first-order valence-corrected chi connectivity index (χ1v) is 6.56. The molecule has 1 aromatic carbocycles. The molecule has 1 amide bonds. The van der Waals surface area contributed by atoms with Crippen LogP contribution in [0, 0.1) is 0 Å². The second-order valence-corrected chi connectivity index (χ2v) is 4.57. The third-order valence-electron chi connectivity index (χ3n) is 2.51. The molecule has 0 saturated heterocycles. The molecule has 0 aliphatic carbocycles. The number of anilines is 1. The van der Waals surface area contributed by atoms with Crippen molar-refractivity contribution in [3.63, 3.8) is 0 Å². The Hall–Kier alpha value is -2.47. The maximum absolute atomic E-state index is 12.0. The summed E-state index contributed by atoms with van der Waals surface area (Å²) in [6.45, 7) is -2.86. The van der Waals surface area contributed by atoms with Gasteiger partial charge in [0.15, 0.2) is 0 Å². The number of hydrogen-bond donors (Lipinski definition) is 1. The van der Waals surface area contributed by atoms with Gasteiger partial charge in [0.2, 0.25) is 5.91 Å². The first-order chi connectivity index (χ1) is 10.5. The fourth-order valence-corrected chi connectivity index (χ4v) is 1.66. The lowest BCUT2D eigenvalue weighted by molar-refractivity contribution is -0.111. The average Bonchev–Trinajstić information content (AvgIpc) is 2.48. The highest BCUT2D eigenvalue weighted by atomic mass is 35.5. The van der Waals surface area contributed by atoms with Gasteiger partial charge in [0.25, 0.3) is 0 Å². The number of nitrogens with one attached hydrogen (secondary N) is 1. The van der Waals surface area contributed by atoms with Crippen LogP contribution in [-0.4, -0.2) is 17.5 Å². The first-order valence-electron chi connectivity index (χ1n) is 6.18. The Labute approximate surface area is 130 Å². The lowest BCUT2D eigenvalue weighted by Crippen LogP contribution is -2.08. The van der Waals surface area contributed by atoms with Crippen LogP contribution in [-0.2, 0) is 4.79 Å². The average molecular weight is 325 g/mol. The molecule has 0 atom stereocenters. The molecule has 2 aromatic rings. The summed E-state index contributed by atoms with van der Waals surface area (Å²) in [7, 11) is 0. The molecule has 0 saturated carbocycles. The number of rotatable bonds is 5. The van der Waals surface area contributed by atoms with Crippen molar-refractivity contribution in [2.75, 3.05) is 5.32 Å². The van der Waals surface area contributed by atoms with Crippen molar-refractivity contribution in [1.82, 2.24) is 4.98 Å². The van der Waals surface area contributed by atoms with Crippen LogP contribution >= 0.6 is 11.6 Å². The lowest BCUT2D eigenvalue weighted by Gasteiger charge is -2.04. The molecule has 114 valence electrons. The third kappa shape index (κ3) is 5.14. The molecule has 0 radical (unpaired) electrons. The van der Waals surface area contributed by atoms with Gasteiger partial charge in [-0.05, 0) is 35.9 Å². The number of ether oxygens (including phenoxy) is 1. The van der Waals surface area contributed by atoms with E-state index in [2.05, 4.69) is 15.0 Å². The Morgan fingerprint density at radius 3 is 2.55 bits per heavy atom. The second kappa shape index (κ2) is 7.51. The quantitative estimate of drug-likeness (QED) is 0.846. The molecule has 0 unspecified atom stereocenters. The van der Waals surface area contributed by atoms with Gasteiger partial charge >= 0.3 is 6.61 Å². The van der Waals surface area contributed by atoms with Crippen molar-refractivity contribution >= 4 is 29.4 Å². The summed E-state index contributed by atoms with van der Waals surface area (Å²) in [6.07, 6.45) is 4.26. The molecule has 0 aliphatic heterocycles. The Kier molecular flexibility index (Phi) is 5.43. The van der Waals surface area contributed by atoms with E-state index in [1.807, 2.05) is 0 Å². The zero-order valence-electron chi connectivity index (χ0n) is 11.2. The summed E-state index contributed by atoms with van der Waals surface area (Å²) in [5.74, 6) is 0.0597. The zero-order valence-corrected chi connectivity index (χ0v) is 11.9. The standard InChI is InChI=1S/C15H11ClF2N2O2/c16-11-4-7-13(19-9-11)20-14(21)8-3-10-1-5-12(6-2-10)22-15(17)18/h1-9,15H,(H,19,20,21)/b8-3+. The number of benzene rings is 1. The predicted molar refractivity (Wildman–Crippen MR) is 80.0 cm³/mol. The molecule has 22 heavy (non-hydrogen) atoms. The molecule has 0 bridgehead atoms. The van der Waals surface area contributed by atoms with Gasteiger partial charge in [-0.2, -0.15) is 8.78 Å². The Morgan fingerprint density at radius 1 is 1.23 bits per heavy atom. The minimum absolute atomic E-state index is 0.0574. The van der Waals surface area contributed by atoms with E-state index in [4.69, 9.17) is 11.6 Å². The third-order valence-corrected chi connectivity index (χ3v) is 2.73. The van der Waals surface area contributed by atoms with Crippen LogP contribution in [0.1, 0.15) is 5.56 Å². The Bertz CT molecular complexity index is 658. The van der Waals surface area contributed by atoms with Crippen molar-refractivity contribution in [2.24, 2.45) is 0 Å². The van der Waals surface area contributed by atoms with Crippen molar-refractivity contribution in [3.8, 4) is 5.75 Å². The predicted octanol–water partition coefficient (Wildman–Crippen LogP) is 3.99. The minimum Gasteiger partial charge on any atom is -0.435 e. The van der Waals surface area contributed by atoms with E-state index in [9.17, 15) is 13.6 Å². The number of alkyl halides is 2. The summed E-state index contributed by atoms with van der Waals surface area (Å²) in [4.78, 5) is 15.6. The monoisotopic (exact) mass is 324 g/mol. The van der Waals surface area contributed by atoms with Gasteiger partial charge in [-0.1, -0.05) is 23.7 Å². The van der Waals surface area contributed by atoms with Gasteiger partial charge in [0.05, 0.1) is 5.02 Å². The number of nitrogens with zero attached hydrogens (tertiary/aromatic N) is 1. The van der Waals surface area contributed by atoms with Crippen LogP contribution in [0.3, 0.4) is 0 Å². The molecule has 0 spiro atoms. The fraction of sp³-hybridized carbons (Fsp3) is 0.0667. The molecule has 0 aliphatic rings. The number of hydrogen-bond acceptors (Lipinski definition) is 3. The molecule has 0 fully saturated rings. The summed E-state index contributed by atoms with van der Waals surface area (Å²) < 4.78 is 28.2. The van der Waals surface area contributed by atoms with Crippen LogP contribution in [0.25, 0.3) is 6.08 Å². The van der Waals surface area contributed by atoms with Crippen LogP contribution < -0.4 is 10.1 Å². The number of aromatic nitrogens is 1. The molecule has 1 N–H and O–H groups in total. The van der Waals surface area contributed by atoms with Crippen LogP contribution in [0.4, 0.5) is 14.6 Å². The SMILES string of the molecule is O=C(/C=C/c1ccc(OC(F)F)cc1)Nc1ccc(Cl)cn1. The summed E-state index contributed by atoms with van der Waals surface area (Å²) in [6, 6.07) is 9.08.